The molecule has 3 heteroatoms. The normalized spacial score (nSPS) is 14.4. The van der Waals surface area contributed by atoms with Gasteiger partial charge in [-0.25, -0.2) is 0 Å². The molecule has 0 aromatic heterocycles. The third kappa shape index (κ3) is 3.74. The number of hydrogen-bond donors (Lipinski definition) is 3. The number of aliphatic hydroxyl groups is 1. The summed E-state index contributed by atoms with van der Waals surface area (Å²) >= 11 is 0. The molecule has 1 rings (SSSR count). The molecule has 0 aliphatic rings. The molecule has 0 radical (unpaired) electrons. The second-order valence-corrected chi connectivity index (χ2v) is 7.58. The Hall–Kier alpha value is -1.06. The highest BCUT2D eigenvalue weighted by Gasteiger charge is 2.26. The van der Waals surface area contributed by atoms with Crippen LogP contribution < -0.4 is 5.73 Å². The maximum atomic E-state index is 10.6. The molecule has 0 bridgehead atoms. The first-order chi connectivity index (χ1) is 8.98. The van der Waals surface area contributed by atoms with Crippen LogP contribution in [0.2, 0.25) is 0 Å². The molecule has 0 heterocycles. The molecule has 20 heavy (non-hydrogen) atoms. The van der Waals surface area contributed by atoms with Gasteiger partial charge >= 0.3 is 0 Å². The molecule has 1 atom stereocenters. The van der Waals surface area contributed by atoms with Crippen LogP contribution in [0.25, 0.3) is 0 Å². The fourth-order valence-corrected chi connectivity index (χ4v) is 2.24. The third-order valence-electron chi connectivity index (χ3n) is 3.65. The summed E-state index contributed by atoms with van der Waals surface area (Å²) in [6, 6.07) is 3.71. The van der Waals surface area contributed by atoms with E-state index < -0.39 is 0 Å². The minimum absolute atomic E-state index is 0.0125. The van der Waals surface area contributed by atoms with Gasteiger partial charge in [0, 0.05) is 18.2 Å². The summed E-state index contributed by atoms with van der Waals surface area (Å²) in [5.41, 5.74) is 8.74. The fraction of sp³-hybridized carbons (Fsp3) is 0.647. The number of nitrogens with two attached hydrogens (primary N) is 1. The van der Waals surface area contributed by atoms with Gasteiger partial charge in [-0.05, 0) is 34.4 Å². The topological polar surface area (TPSA) is 66.5 Å². The van der Waals surface area contributed by atoms with Crippen molar-refractivity contribution < 1.29 is 10.2 Å². The quantitative estimate of drug-likeness (QED) is 0.794. The molecule has 0 saturated carbocycles. The van der Waals surface area contributed by atoms with Crippen molar-refractivity contribution in [2.75, 3.05) is 6.61 Å². The number of aromatic hydroxyl groups is 1. The summed E-state index contributed by atoms with van der Waals surface area (Å²) in [7, 11) is 0. The zero-order valence-corrected chi connectivity index (χ0v) is 13.6. The standard InChI is InChI=1S/C17H29NO2/c1-16(2,3)11-9-12(14(18)7-8-19)15(20)13(10-11)17(4,5)6/h9-10,14,19-20H,7-8,18H2,1-6H3/t14-/m0/s1. The van der Waals surface area contributed by atoms with E-state index in [1.807, 2.05) is 6.07 Å². The van der Waals surface area contributed by atoms with Crippen molar-refractivity contribution in [2.24, 2.45) is 5.73 Å². The first-order valence-corrected chi connectivity index (χ1v) is 7.22. The summed E-state index contributed by atoms with van der Waals surface area (Å²) in [5, 5.41) is 19.6. The number of benzene rings is 1. The molecule has 1 aromatic rings. The Balaban J connectivity index is 3.51. The maximum absolute atomic E-state index is 10.6. The Morgan fingerprint density at radius 3 is 2.00 bits per heavy atom. The molecule has 0 amide bonds. The molecule has 0 spiro atoms. The van der Waals surface area contributed by atoms with Gasteiger partial charge in [0.2, 0.25) is 0 Å². The van der Waals surface area contributed by atoms with E-state index >= 15 is 0 Å². The zero-order valence-electron chi connectivity index (χ0n) is 13.6. The summed E-state index contributed by atoms with van der Waals surface area (Å²) < 4.78 is 0. The van der Waals surface area contributed by atoms with Gasteiger partial charge in [-0.1, -0.05) is 47.6 Å². The number of phenols is 1. The van der Waals surface area contributed by atoms with E-state index in [4.69, 9.17) is 10.8 Å². The smallest absolute Gasteiger partial charge is 0.124 e. The van der Waals surface area contributed by atoms with Gasteiger partial charge in [0.1, 0.15) is 5.75 Å². The van der Waals surface area contributed by atoms with Gasteiger partial charge < -0.3 is 15.9 Å². The number of hydrogen-bond acceptors (Lipinski definition) is 3. The van der Waals surface area contributed by atoms with Gasteiger partial charge in [-0.15, -0.1) is 0 Å². The number of phenolic OH excluding ortho intramolecular Hbond substituents is 1. The highest BCUT2D eigenvalue weighted by atomic mass is 16.3. The minimum Gasteiger partial charge on any atom is -0.507 e. The van der Waals surface area contributed by atoms with E-state index in [9.17, 15) is 5.11 Å². The Kier molecular flexibility index (Phi) is 4.88. The highest BCUT2D eigenvalue weighted by molar-refractivity contribution is 5.49. The van der Waals surface area contributed by atoms with Gasteiger partial charge in [0.05, 0.1) is 0 Å². The first kappa shape index (κ1) is 17.0. The predicted octanol–water partition coefficient (Wildman–Crippen LogP) is 3.37. The van der Waals surface area contributed by atoms with Crippen molar-refractivity contribution in [2.45, 2.75) is 64.8 Å². The zero-order chi connectivity index (χ0) is 15.7. The average Bonchev–Trinajstić information content (AvgIpc) is 2.26. The van der Waals surface area contributed by atoms with Crippen LogP contribution >= 0.6 is 0 Å². The molecular weight excluding hydrogens is 250 g/mol. The van der Waals surface area contributed by atoms with E-state index in [2.05, 4.69) is 47.6 Å². The van der Waals surface area contributed by atoms with Crippen LogP contribution in [0.3, 0.4) is 0 Å². The van der Waals surface area contributed by atoms with Crippen molar-refractivity contribution in [3.8, 4) is 5.75 Å². The van der Waals surface area contributed by atoms with Crippen molar-refractivity contribution >= 4 is 0 Å². The Bertz CT molecular complexity index is 467. The molecule has 0 fully saturated rings. The lowest BCUT2D eigenvalue weighted by Crippen LogP contribution is -2.20. The van der Waals surface area contributed by atoms with Gasteiger partial charge in [0.15, 0.2) is 0 Å². The van der Waals surface area contributed by atoms with E-state index in [-0.39, 0.29) is 29.2 Å². The molecule has 3 nitrogen and oxygen atoms in total. The van der Waals surface area contributed by atoms with Gasteiger partial charge in [0.25, 0.3) is 0 Å². The largest absolute Gasteiger partial charge is 0.507 e. The number of rotatable bonds is 3. The van der Waals surface area contributed by atoms with E-state index in [1.165, 1.54) is 0 Å². The highest BCUT2D eigenvalue weighted by Crippen LogP contribution is 2.39. The SMILES string of the molecule is CC(C)(C)c1cc([C@@H](N)CCO)c(O)c(C(C)(C)C)c1. The first-order valence-electron chi connectivity index (χ1n) is 7.22. The average molecular weight is 279 g/mol. The van der Waals surface area contributed by atoms with E-state index in [1.54, 1.807) is 0 Å². The van der Waals surface area contributed by atoms with Crippen molar-refractivity contribution in [1.29, 1.82) is 0 Å². The molecule has 0 aliphatic carbocycles. The molecule has 1 aromatic carbocycles. The van der Waals surface area contributed by atoms with Gasteiger partial charge in [-0.3, -0.25) is 0 Å². The molecule has 0 aliphatic heterocycles. The van der Waals surface area contributed by atoms with Crippen molar-refractivity contribution in [1.82, 2.24) is 0 Å². The lowest BCUT2D eigenvalue weighted by molar-refractivity contribution is 0.275. The van der Waals surface area contributed by atoms with Crippen LogP contribution in [-0.2, 0) is 10.8 Å². The number of aliphatic hydroxyl groups excluding tert-OH is 1. The lowest BCUT2D eigenvalue weighted by atomic mass is 9.78. The van der Waals surface area contributed by atoms with E-state index in [0.29, 0.717) is 6.42 Å². The van der Waals surface area contributed by atoms with Crippen LogP contribution in [0.5, 0.6) is 5.75 Å². The molecule has 114 valence electrons. The van der Waals surface area contributed by atoms with Crippen LogP contribution in [0.4, 0.5) is 0 Å². The van der Waals surface area contributed by atoms with Gasteiger partial charge in [-0.2, -0.15) is 0 Å². The molecule has 0 saturated heterocycles. The Morgan fingerprint density at radius 1 is 1.05 bits per heavy atom. The summed E-state index contributed by atoms with van der Waals surface area (Å²) in [5.74, 6) is 0.270. The summed E-state index contributed by atoms with van der Waals surface area (Å²) in [6.07, 6.45) is 0.449. The van der Waals surface area contributed by atoms with E-state index in [0.717, 1.165) is 16.7 Å². The van der Waals surface area contributed by atoms with Crippen molar-refractivity contribution in [3.63, 3.8) is 0 Å². The lowest BCUT2D eigenvalue weighted by Gasteiger charge is -2.28. The Morgan fingerprint density at radius 2 is 1.60 bits per heavy atom. The predicted molar refractivity (Wildman–Crippen MR) is 84.1 cm³/mol. The molecule has 4 N–H and O–H groups in total. The van der Waals surface area contributed by atoms with Crippen LogP contribution in [0.15, 0.2) is 12.1 Å². The third-order valence-corrected chi connectivity index (χ3v) is 3.65. The fourth-order valence-electron chi connectivity index (χ4n) is 2.24. The maximum Gasteiger partial charge on any atom is 0.124 e. The minimum atomic E-state index is -0.344. The van der Waals surface area contributed by atoms with Crippen LogP contribution in [0, 0.1) is 0 Å². The monoisotopic (exact) mass is 279 g/mol. The van der Waals surface area contributed by atoms with Crippen LogP contribution in [-0.4, -0.2) is 16.8 Å². The summed E-state index contributed by atoms with van der Waals surface area (Å²) in [6.45, 7) is 12.7. The summed E-state index contributed by atoms with van der Waals surface area (Å²) in [4.78, 5) is 0. The van der Waals surface area contributed by atoms with Crippen molar-refractivity contribution in [3.05, 3.63) is 28.8 Å². The van der Waals surface area contributed by atoms with Crippen LogP contribution in [0.1, 0.15) is 70.7 Å². The second kappa shape index (κ2) is 5.74. The Labute approximate surface area is 122 Å². The molecule has 0 unspecified atom stereocenters. The second-order valence-electron chi connectivity index (χ2n) is 7.58. The molecular formula is C17H29NO2.